The number of primary amides is 1. The summed E-state index contributed by atoms with van der Waals surface area (Å²) in [6.07, 6.45) is -3.07. The molecule has 0 saturated heterocycles. The standard InChI is InChI=1S/C19H29N5O4.C2HF3O2/c1-13(25)23-15(9-5-6-10-20)19(28)24-16(18(27)22-12-17(21)26)11-14-7-3-2-4-8-14;3-2(4,5)1(6)7/h2-4,7-8,15-16H,5-6,9-12,20H2,1H3,(H2,21,26)(H,22,27)(H,23,25)(H,24,28);(H,6,7)/t15-,16+;/m1./s1. The van der Waals surface area contributed by atoms with Crippen LogP contribution in [0.2, 0.25) is 0 Å². The molecule has 35 heavy (non-hydrogen) atoms. The minimum absolute atomic E-state index is 0.229. The molecule has 1 aromatic rings. The Kier molecular flexibility index (Phi) is 14.3. The van der Waals surface area contributed by atoms with E-state index in [4.69, 9.17) is 21.4 Å². The number of benzene rings is 1. The third kappa shape index (κ3) is 15.0. The van der Waals surface area contributed by atoms with E-state index in [1.165, 1.54) is 6.92 Å². The molecule has 0 aromatic heterocycles. The molecule has 0 radical (unpaired) electrons. The van der Waals surface area contributed by atoms with Gasteiger partial charge in [0.2, 0.25) is 23.6 Å². The van der Waals surface area contributed by atoms with Crippen LogP contribution in [0.5, 0.6) is 0 Å². The Morgan fingerprint density at radius 2 is 1.54 bits per heavy atom. The van der Waals surface area contributed by atoms with Crippen molar-refractivity contribution in [1.29, 1.82) is 0 Å². The number of carboxylic acids is 1. The smallest absolute Gasteiger partial charge is 0.475 e. The number of hydrogen-bond acceptors (Lipinski definition) is 6. The fourth-order valence-electron chi connectivity index (χ4n) is 2.64. The molecule has 0 aliphatic rings. The van der Waals surface area contributed by atoms with Gasteiger partial charge in [-0.2, -0.15) is 13.2 Å². The predicted molar refractivity (Wildman–Crippen MR) is 118 cm³/mol. The number of carbonyl (C=O) groups excluding carboxylic acids is 4. The van der Waals surface area contributed by atoms with Crippen LogP contribution < -0.4 is 27.4 Å². The first-order valence-electron chi connectivity index (χ1n) is 10.5. The van der Waals surface area contributed by atoms with Crippen molar-refractivity contribution in [3.63, 3.8) is 0 Å². The van der Waals surface area contributed by atoms with Gasteiger partial charge >= 0.3 is 12.1 Å². The molecule has 0 unspecified atom stereocenters. The Morgan fingerprint density at radius 1 is 0.971 bits per heavy atom. The van der Waals surface area contributed by atoms with Gasteiger partial charge in [-0.1, -0.05) is 30.3 Å². The highest BCUT2D eigenvalue weighted by Crippen LogP contribution is 2.13. The number of nitrogens with one attached hydrogen (secondary N) is 3. The second kappa shape index (κ2) is 16.0. The molecule has 0 fully saturated rings. The van der Waals surface area contributed by atoms with Crippen molar-refractivity contribution in [3.8, 4) is 0 Å². The molecular formula is C21H30F3N5O6. The lowest BCUT2D eigenvalue weighted by molar-refractivity contribution is -0.192. The molecule has 0 saturated carbocycles. The SMILES string of the molecule is CC(=O)N[C@H](CCCCN)C(=O)N[C@@H](Cc1ccccc1)C(=O)NCC(N)=O.O=C(O)C(F)(F)F. The average Bonchev–Trinajstić information content (AvgIpc) is 2.76. The Bertz CT molecular complexity index is 852. The first-order chi connectivity index (χ1) is 16.3. The molecule has 1 rings (SSSR count). The lowest BCUT2D eigenvalue weighted by Gasteiger charge is -2.23. The molecule has 1 aromatic carbocycles. The predicted octanol–water partition coefficient (Wildman–Crippen LogP) is -0.418. The highest BCUT2D eigenvalue weighted by molar-refractivity contribution is 5.93. The van der Waals surface area contributed by atoms with Gasteiger partial charge in [0, 0.05) is 13.3 Å². The first-order valence-corrected chi connectivity index (χ1v) is 10.5. The Hall–Kier alpha value is -3.68. The number of nitrogens with two attached hydrogens (primary N) is 2. The molecule has 0 heterocycles. The van der Waals surface area contributed by atoms with Crippen molar-refractivity contribution in [2.24, 2.45) is 11.5 Å². The van der Waals surface area contributed by atoms with Gasteiger partial charge in [0.25, 0.3) is 0 Å². The van der Waals surface area contributed by atoms with Crippen LogP contribution in [0.25, 0.3) is 0 Å². The van der Waals surface area contributed by atoms with Gasteiger partial charge in [0.1, 0.15) is 12.1 Å². The van der Waals surface area contributed by atoms with Crippen molar-refractivity contribution in [2.75, 3.05) is 13.1 Å². The monoisotopic (exact) mass is 505 g/mol. The number of halogens is 3. The Balaban J connectivity index is 0.00000143. The van der Waals surface area contributed by atoms with Crippen LogP contribution in [0.4, 0.5) is 13.2 Å². The van der Waals surface area contributed by atoms with E-state index in [1.54, 1.807) is 0 Å². The van der Waals surface area contributed by atoms with Crippen LogP contribution >= 0.6 is 0 Å². The highest BCUT2D eigenvalue weighted by atomic mass is 19.4. The van der Waals surface area contributed by atoms with Crippen molar-refractivity contribution in [2.45, 2.75) is 50.9 Å². The molecule has 14 heteroatoms. The van der Waals surface area contributed by atoms with Gasteiger partial charge in [-0.25, -0.2) is 4.79 Å². The van der Waals surface area contributed by atoms with E-state index in [0.29, 0.717) is 19.4 Å². The minimum Gasteiger partial charge on any atom is -0.475 e. The number of alkyl halides is 3. The number of aliphatic carboxylic acids is 1. The zero-order valence-corrected chi connectivity index (χ0v) is 19.1. The summed E-state index contributed by atoms with van der Waals surface area (Å²) in [6, 6.07) is 7.45. The summed E-state index contributed by atoms with van der Waals surface area (Å²) in [7, 11) is 0. The maximum Gasteiger partial charge on any atom is 0.490 e. The van der Waals surface area contributed by atoms with Crippen molar-refractivity contribution in [1.82, 2.24) is 16.0 Å². The summed E-state index contributed by atoms with van der Waals surface area (Å²) in [4.78, 5) is 56.4. The quantitative estimate of drug-likeness (QED) is 0.208. The highest BCUT2D eigenvalue weighted by Gasteiger charge is 2.38. The summed E-state index contributed by atoms with van der Waals surface area (Å²) >= 11 is 0. The third-order valence-electron chi connectivity index (χ3n) is 4.24. The van der Waals surface area contributed by atoms with E-state index in [1.807, 2.05) is 30.3 Å². The molecule has 0 bridgehead atoms. The largest absolute Gasteiger partial charge is 0.490 e. The lowest BCUT2D eigenvalue weighted by atomic mass is 10.0. The summed E-state index contributed by atoms with van der Waals surface area (Å²) < 4.78 is 31.7. The van der Waals surface area contributed by atoms with Gasteiger partial charge in [0.15, 0.2) is 0 Å². The third-order valence-corrected chi connectivity index (χ3v) is 4.24. The molecule has 196 valence electrons. The van der Waals surface area contributed by atoms with E-state index in [9.17, 15) is 32.3 Å². The average molecular weight is 505 g/mol. The zero-order valence-electron chi connectivity index (χ0n) is 19.1. The number of carbonyl (C=O) groups is 5. The molecule has 0 aliphatic carbocycles. The normalized spacial score (nSPS) is 12.3. The fourth-order valence-corrected chi connectivity index (χ4v) is 2.64. The summed E-state index contributed by atoms with van der Waals surface area (Å²) in [5, 5.41) is 14.8. The van der Waals surface area contributed by atoms with Crippen molar-refractivity contribution >= 4 is 29.6 Å². The van der Waals surface area contributed by atoms with Crippen LogP contribution in [0.1, 0.15) is 31.7 Å². The van der Waals surface area contributed by atoms with Gasteiger partial charge in [-0.3, -0.25) is 19.2 Å². The van der Waals surface area contributed by atoms with Crippen LogP contribution in [0, 0.1) is 0 Å². The summed E-state index contributed by atoms with van der Waals surface area (Å²) in [5.41, 5.74) is 11.4. The van der Waals surface area contributed by atoms with Crippen LogP contribution in [0.15, 0.2) is 30.3 Å². The Morgan fingerprint density at radius 3 is 2.00 bits per heavy atom. The molecule has 4 amide bonds. The van der Waals surface area contributed by atoms with E-state index in [-0.39, 0.29) is 18.9 Å². The summed E-state index contributed by atoms with van der Waals surface area (Å²) in [6.45, 7) is 1.48. The maximum atomic E-state index is 12.7. The number of hydrogen-bond donors (Lipinski definition) is 6. The molecule has 0 aliphatic heterocycles. The van der Waals surface area contributed by atoms with E-state index >= 15 is 0 Å². The van der Waals surface area contributed by atoms with E-state index < -0.39 is 42.0 Å². The number of unbranched alkanes of at least 4 members (excludes halogenated alkanes) is 1. The molecule has 11 nitrogen and oxygen atoms in total. The second-order valence-electron chi connectivity index (χ2n) is 7.28. The number of rotatable bonds is 12. The van der Waals surface area contributed by atoms with Gasteiger partial charge in [0.05, 0.1) is 6.54 Å². The molecular weight excluding hydrogens is 475 g/mol. The summed E-state index contributed by atoms with van der Waals surface area (Å²) in [5.74, 6) is -4.78. The van der Waals surface area contributed by atoms with Crippen LogP contribution in [-0.4, -0.2) is 66.1 Å². The Labute approximate surface area is 199 Å². The van der Waals surface area contributed by atoms with Crippen LogP contribution in [0.3, 0.4) is 0 Å². The molecule has 8 N–H and O–H groups in total. The van der Waals surface area contributed by atoms with E-state index in [0.717, 1.165) is 12.0 Å². The number of carboxylic acid groups (broad SMARTS) is 1. The number of amides is 4. The topological polar surface area (TPSA) is 194 Å². The van der Waals surface area contributed by atoms with Crippen molar-refractivity contribution in [3.05, 3.63) is 35.9 Å². The minimum atomic E-state index is -5.08. The molecule has 2 atom stereocenters. The second-order valence-corrected chi connectivity index (χ2v) is 7.28. The van der Waals surface area contributed by atoms with E-state index in [2.05, 4.69) is 16.0 Å². The fraction of sp³-hybridized carbons (Fsp3) is 0.476. The maximum absolute atomic E-state index is 12.7. The van der Waals surface area contributed by atoms with Crippen molar-refractivity contribution < 1.29 is 42.3 Å². The van der Waals surface area contributed by atoms with Gasteiger partial charge in [-0.15, -0.1) is 0 Å². The van der Waals surface area contributed by atoms with Gasteiger partial charge < -0.3 is 32.5 Å². The zero-order chi connectivity index (χ0) is 27.0. The van der Waals surface area contributed by atoms with Gasteiger partial charge in [-0.05, 0) is 31.4 Å². The van der Waals surface area contributed by atoms with Crippen LogP contribution in [-0.2, 0) is 30.4 Å². The molecule has 0 spiro atoms. The first kappa shape index (κ1) is 31.3. The lowest BCUT2D eigenvalue weighted by Crippen LogP contribution is -2.54.